The normalized spacial score (nSPS) is 12.7. The summed E-state index contributed by atoms with van der Waals surface area (Å²) in [4.78, 5) is 21.9. The molecule has 6 heteroatoms. The first-order valence-corrected chi connectivity index (χ1v) is 7.66. The molecule has 1 aromatic carbocycles. The molecule has 0 aliphatic carbocycles. The van der Waals surface area contributed by atoms with Gasteiger partial charge >= 0.3 is 11.9 Å². The Morgan fingerprint density at radius 1 is 1.23 bits per heavy atom. The van der Waals surface area contributed by atoms with Crippen LogP contribution in [0.3, 0.4) is 0 Å². The molecule has 0 aliphatic heterocycles. The summed E-state index contributed by atoms with van der Waals surface area (Å²) < 4.78 is 0. The van der Waals surface area contributed by atoms with Crippen LogP contribution in [0.2, 0.25) is 0 Å². The second-order valence-electron chi connectivity index (χ2n) is 6.28. The second kappa shape index (κ2) is 7.54. The van der Waals surface area contributed by atoms with E-state index >= 15 is 0 Å². The van der Waals surface area contributed by atoms with E-state index < -0.39 is 17.2 Å². The molecular formula is C16H23NO4S. The number of hydrogen-bond donors (Lipinski definition) is 4. The predicted molar refractivity (Wildman–Crippen MR) is 90.2 cm³/mol. The number of hydrogen-bond acceptors (Lipinski definition) is 4. The zero-order valence-electron chi connectivity index (χ0n) is 13.1. The summed E-state index contributed by atoms with van der Waals surface area (Å²) in [6, 6.07) is 5.20. The monoisotopic (exact) mass is 325 g/mol. The molecule has 22 heavy (non-hydrogen) atoms. The van der Waals surface area contributed by atoms with Crippen LogP contribution in [0.15, 0.2) is 18.2 Å². The molecule has 0 saturated heterocycles. The minimum atomic E-state index is -0.963. The lowest BCUT2D eigenvalue weighted by atomic mass is 9.86. The van der Waals surface area contributed by atoms with Gasteiger partial charge < -0.3 is 15.5 Å². The molecule has 0 radical (unpaired) electrons. The first-order valence-electron chi connectivity index (χ1n) is 7.15. The van der Waals surface area contributed by atoms with Gasteiger partial charge in [-0.25, -0.2) is 4.79 Å². The van der Waals surface area contributed by atoms with Crippen molar-refractivity contribution in [2.24, 2.45) is 0 Å². The average Bonchev–Trinajstić information content (AvgIpc) is 2.41. The van der Waals surface area contributed by atoms with E-state index in [-0.39, 0.29) is 11.0 Å². The highest BCUT2D eigenvalue weighted by Crippen LogP contribution is 2.26. The first-order chi connectivity index (χ1) is 10.1. The van der Waals surface area contributed by atoms with Gasteiger partial charge in [-0.2, -0.15) is 12.6 Å². The predicted octanol–water partition coefficient (Wildman–Crippen LogP) is 3.26. The Bertz CT molecular complexity index is 552. The van der Waals surface area contributed by atoms with Crippen LogP contribution in [0.4, 0.5) is 5.69 Å². The van der Waals surface area contributed by atoms with E-state index in [1.807, 2.05) is 26.8 Å². The summed E-state index contributed by atoms with van der Waals surface area (Å²) in [5.74, 6) is -1.89. The third kappa shape index (κ3) is 5.60. The molecule has 0 aromatic heterocycles. The average molecular weight is 325 g/mol. The van der Waals surface area contributed by atoms with Crippen molar-refractivity contribution in [2.75, 3.05) is 11.9 Å². The van der Waals surface area contributed by atoms with Crippen LogP contribution in [0.5, 0.6) is 0 Å². The van der Waals surface area contributed by atoms with Gasteiger partial charge in [0.25, 0.3) is 0 Å². The summed E-state index contributed by atoms with van der Waals surface area (Å²) >= 11 is 3.98. The summed E-state index contributed by atoms with van der Waals surface area (Å²) in [5.41, 5.74) is 1.76. The van der Waals surface area contributed by atoms with Crippen molar-refractivity contribution in [1.29, 1.82) is 0 Å². The molecule has 1 aromatic rings. The Balaban J connectivity index is 2.76. The standard InChI is InChI=1S/C16H23NO4S/c1-16(2,3)11-7-10(14(18)19)8-12(9-11)17-6-4-5-13(22)15(20)21/h7-9,13,17,22H,4-6H2,1-3H3,(H,18,19)(H,20,21). The zero-order chi connectivity index (χ0) is 16.9. The fourth-order valence-electron chi connectivity index (χ4n) is 1.94. The van der Waals surface area contributed by atoms with Crippen molar-refractivity contribution in [2.45, 2.75) is 44.3 Å². The number of aromatic carboxylic acids is 1. The molecule has 122 valence electrons. The third-order valence-corrected chi connectivity index (χ3v) is 3.79. The number of rotatable bonds is 7. The molecular weight excluding hydrogens is 302 g/mol. The summed E-state index contributed by atoms with van der Waals surface area (Å²) in [6.45, 7) is 6.64. The Morgan fingerprint density at radius 3 is 2.36 bits per heavy atom. The highest BCUT2D eigenvalue weighted by molar-refractivity contribution is 7.81. The summed E-state index contributed by atoms with van der Waals surface area (Å²) in [6.07, 6.45) is 1.10. The maximum atomic E-state index is 11.2. The fourth-order valence-corrected chi connectivity index (χ4v) is 2.12. The van der Waals surface area contributed by atoms with Gasteiger partial charge in [0.2, 0.25) is 0 Å². The van der Waals surface area contributed by atoms with Crippen LogP contribution >= 0.6 is 12.6 Å². The van der Waals surface area contributed by atoms with E-state index in [1.54, 1.807) is 12.1 Å². The van der Waals surface area contributed by atoms with Gasteiger partial charge in [-0.3, -0.25) is 4.79 Å². The van der Waals surface area contributed by atoms with Crippen LogP contribution in [-0.2, 0) is 10.2 Å². The van der Waals surface area contributed by atoms with Gasteiger partial charge in [0.05, 0.1) is 10.8 Å². The highest BCUT2D eigenvalue weighted by atomic mass is 32.1. The van der Waals surface area contributed by atoms with E-state index in [1.165, 1.54) is 0 Å². The summed E-state index contributed by atoms with van der Waals surface area (Å²) in [7, 11) is 0. The molecule has 0 spiro atoms. The molecule has 1 unspecified atom stereocenters. The molecule has 1 atom stereocenters. The van der Waals surface area contributed by atoms with Crippen molar-refractivity contribution in [3.63, 3.8) is 0 Å². The second-order valence-corrected chi connectivity index (χ2v) is 6.90. The van der Waals surface area contributed by atoms with Crippen LogP contribution < -0.4 is 5.32 Å². The molecule has 0 amide bonds. The van der Waals surface area contributed by atoms with E-state index in [0.29, 0.717) is 19.4 Å². The Kier molecular flexibility index (Phi) is 6.29. The lowest BCUT2D eigenvalue weighted by molar-refractivity contribution is -0.136. The van der Waals surface area contributed by atoms with Crippen LogP contribution in [-0.4, -0.2) is 33.9 Å². The lowest BCUT2D eigenvalue weighted by Crippen LogP contribution is -2.16. The van der Waals surface area contributed by atoms with Gasteiger partial charge in [-0.15, -0.1) is 0 Å². The minimum Gasteiger partial charge on any atom is -0.480 e. The molecule has 3 N–H and O–H groups in total. The van der Waals surface area contributed by atoms with Crippen molar-refractivity contribution in [3.05, 3.63) is 29.3 Å². The fraction of sp³-hybridized carbons (Fsp3) is 0.500. The third-order valence-electron chi connectivity index (χ3n) is 3.31. The molecule has 0 aliphatic rings. The topological polar surface area (TPSA) is 86.6 Å². The maximum Gasteiger partial charge on any atom is 0.335 e. The minimum absolute atomic E-state index is 0.151. The van der Waals surface area contributed by atoms with E-state index in [0.717, 1.165) is 11.3 Å². The van der Waals surface area contributed by atoms with Gasteiger partial charge in [0, 0.05) is 12.2 Å². The number of aliphatic carboxylic acids is 1. The van der Waals surface area contributed by atoms with E-state index in [4.69, 9.17) is 5.11 Å². The first kappa shape index (κ1) is 18.4. The molecule has 0 bridgehead atoms. The molecule has 1 rings (SSSR count). The number of carboxylic acid groups (broad SMARTS) is 2. The van der Waals surface area contributed by atoms with Crippen LogP contribution in [0.25, 0.3) is 0 Å². The van der Waals surface area contributed by atoms with Crippen LogP contribution in [0.1, 0.15) is 49.5 Å². The van der Waals surface area contributed by atoms with Crippen molar-refractivity contribution >= 4 is 30.3 Å². The number of anilines is 1. The summed E-state index contributed by atoms with van der Waals surface area (Å²) in [5, 5.41) is 20.4. The molecule has 0 saturated carbocycles. The molecule has 0 fully saturated rings. The lowest BCUT2D eigenvalue weighted by Gasteiger charge is -2.21. The van der Waals surface area contributed by atoms with Crippen LogP contribution in [0, 0.1) is 0 Å². The van der Waals surface area contributed by atoms with Crippen molar-refractivity contribution < 1.29 is 19.8 Å². The number of nitrogens with one attached hydrogen (secondary N) is 1. The van der Waals surface area contributed by atoms with Gasteiger partial charge in [-0.1, -0.05) is 20.8 Å². The van der Waals surface area contributed by atoms with E-state index in [9.17, 15) is 14.7 Å². The highest BCUT2D eigenvalue weighted by Gasteiger charge is 2.17. The number of carbonyl (C=O) groups is 2. The Morgan fingerprint density at radius 2 is 1.86 bits per heavy atom. The SMILES string of the molecule is CC(C)(C)c1cc(NCCCC(S)C(=O)O)cc(C(=O)O)c1. The smallest absolute Gasteiger partial charge is 0.335 e. The van der Waals surface area contributed by atoms with E-state index in [2.05, 4.69) is 17.9 Å². The van der Waals surface area contributed by atoms with Gasteiger partial charge in [0.15, 0.2) is 0 Å². The molecule has 0 heterocycles. The number of thiol groups is 1. The Labute approximate surface area is 136 Å². The van der Waals surface area contributed by atoms with Gasteiger partial charge in [-0.05, 0) is 42.0 Å². The van der Waals surface area contributed by atoms with Crippen molar-refractivity contribution in [3.8, 4) is 0 Å². The van der Waals surface area contributed by atoms with Gasteiger partial charge in [0.1, 0.15) is 0 Å². The zero-order valence-corrected chi connectivity index (χ0v) is 14.0. The molecule has 5 nitrogen and oxygen atoms in total. The van der Waals surface area contributed by atoms with Crippen molar-refractivity contribution in [1.82, 2.24) is 0 Å². The maximum absolute atomic E-state index is 11.2. The largest absolute Gasteiger partial charge is 0.480 e. The number of benzene rings is 1. The quantitative estimate of drug-likeness (QED) is 0.457. The Hall–Kier alpha value is -1.69. The number of carboxylic acids is 2.